The Kier molecular flexibility index (Phi) is 6.13. The fourth-order valence-corrected chi connectivity index (χ4v) is 4.97. The Morgan fingerprint density at radius 1 is 1.06 bits per heavy atom. The van der Waals surface area contributed by atoms with Crippen LogP contribution in [0.25, 0.3) is 11.1 Å². The van der Waals surface area contributed by atoms with Gasteiger partial charge in [-0.25, -0.2) is 12.7 Å². The standard InChI is InChI=1S/C23H26N2O5S/c1-16-17(2)30-24-23(16)25(15-28-3)31(26,27)22-11-7-6-10-21(22)20-9-5-4-8-18(20)14-29-19-12-13-19/h4-11,19H,12-15H2,1-3H3. The Hall–Kier alpha value is -2.68. The molecule has 0 bridgehead atoms. The van der Waals surface area contributed by atoms with Crippen LogP contribution in [0, 0.1) is 13.8 Å². The number of sulfonamides is 1. The van der Waals surface area contributed by atoms with Gasteiger partial charge < -0.3 is 14.0 Å². The maximum absolute atomic E-state index is 13.8. The van der Waals surface area contributed by atoms with E-state index in [0.29, 0.717) is 29.6 Å². The lowest BCUT2D eigenvalue weighted by atomic mass is 10.00. The van der Waals surface area contributed by atoms with E-state index in [9.17, 15) is 8.42 Å². The van der Waals surface area contributed by atoms with Crippen LogP contribution in [0.3, 0.4) is 0 Å². The van der Waals surface area contributed by atoms with Gasteiger partial charge in [0, 0.05) is 18.2 Å². The van der Waals surface area contributed by atoms with E-state index in [2.05, 4.69) is 5.16 Å². The summed E-state index contributed by atoms with van der Waals surface area (Å²) in [5.74, 6) is 0.779. The average molecular weight is 443 g/mol. The molecule has 31 heavy (non-hydrogen) atoms. The molecule has 0 aliphatic heterocycles. The fourth-order valence-electron chi connectivity index (χ4n) is 3.38. The van der Waals surface area contributed by atoms with E-state index in [-0.39, 0.29) is 17.4 Å². The molecule has 0 radical (unpaired) electrons. The van der Waals surface area contributed by atoms with Gasteiger partial charge in [-0.1, -0.05) is 47.6 Å². The topological polar surface area (TPSA) is 81.9 Å². The predicted octanol–water partition coefficient (Wildman–Crippen LogP) is 4.44. The van der Waals surface area contributed by atoms with Crippen molar-refractivity contribution in [3.63, 3.8) is 0 Å². The van der Waals surface area contributed by atoms with Crippen molar-refractivity contribution >= 4 is 15.8 Å². The molecular formula is C23H26N2O5S. The number of rotatable bonds is 9. The van der Waals surface area contributed by atoms with Crippen molar-refractivity contribution in [2.75, 3.05) is 18.1 Å². The molecule has 0 saturated heterocycles. The first-order chi connectivity index (χ1) is 14.9. The van der Waals surface area contributed by atoms with Gasteiger partial charge in [-0.3, -0.25) is 0 Å². The summed E-state index contributed by atoms with van der Waals surface area (Å²) in [7, 11) is -2.55. The number of aryl methyl sites for hydroxylation is 1. The molecule has 1 aliphatic carbocycles. The third-order valence-corrected chi connectivity index (χ3v) is 7.15. The van der Waals surface area contributed by atoms with Gasteiger partial charge in [-0.2, -0.15) is 0 Å². The zero-order valence-electron chi connectivity index (χ0n) is 17.9. The number of ether oxygens (including phenoxy) is 2. The van der Waals surface area contributed by atoms with Gasteiger partial charge in [-0.05, 0) is 43.9 Å². The lowest BCUT2D eigenvalue weighted by Crippen LogP contribution is -2.34. The van der Waals surface area contributed by atoms with Gasteiger partial charge in [-0.15, -0.1) is 0 Å². The number of hydrogen-bond acceptors (Lipinski definition) is 6. The van der Waals surface area contributed by atoms with Crippen LogP contribution in [-0.2, 0) is 26.1 Å². The van der Waals surface area contributed by atoms with Crippen LogP contribution < -0.4 is 4.31 Å². The van der Waals surface area contributed by atoms with Crippen molar-refractivity contribution in [3.05, 3.63) is 65.4 Å². The number of aromatic nitrogens is 1. The molecule has 1 fully saturated rings. The Labute approximate surface area is 182 Å². The number of benzene rings is 2. The highest BCUT2D eigenvalue weighted by Crippen LogP contribution is 2.35. The van der Waals surface area contributed by atoms with Crippen LogP contribution in [0.4, 0.5) is 5.82 Å². The van der Waals surface area contributed by atoms with Crippen LogP contribution in [0.5, 0.6) is 0 Å². The molecule has 3 aromatic rings. The minimum atomic E-state index is -3.99. The number of nitrogens with zero attached hydrogens (tertiary/aromatic N) is 2. The van der Waals surface area contributed by atoms with E-state index < -0.39 is 10.0 Å². The van der Waals surface area contributed by atoms with E-state index in [1.54, 1.807) is 26.0 Å². The van der Waals surface area contributed by atoms with Gasteiger partial charge in [0.15, 0.2) is 5.82 Å². The highest BCUT2D eigenvalue weighted by atomic mass is 32.2. The molecule has 0 atom stereocenters. The maximum atomic E-state index is 13.8. The molecule has 0 N–H and O–H groups in total. The number of methoxy groups -OCH3 is 1. The van der Waals surface area contributed by atoms with Gasteiger partial charge in [0.25, 0.3) is 10.0 Å². The first kappa shape index (κ1) is 21.5. The third kappa shape index (κ3) is 4.37. The van der Waals surface area contributed by atoms with Crippen LogP contribution in [0.1, 0.15) is 29.7 Å². The SMILES string of the molecule is COCN(c1noc(C)c1C)S(=O)(=O)c1ccccc1-c1ccccc1COC1CC1. The molecule has 1 aliphatic rings. The Morgan fingerprint density at radius 2 is 1.74 bits per heavy atom. The molecule has 1 aromatic heterocycles. The van der Waals surface area contributed by atoms with Crippen molar-refractivity contribution in [2.24, 2.45) is 0 Å². The third-order valence-electron chi connectivity index (χ3n) is 5.38. The second-order valence-electron chi connectivity index (χ2n) is 7.62. The highest BCUT2D eigenvalue weighted by molar-refractivity contribution is 7.93. The first-order valence-corrected chi connectivity index (χ1v) is 11.6. The van der Waals surface area contributed by atoms with Crippen molar-refractivity contribution in [1.29, 1.82) is 0 Å². The Morgan fingerprint density at radius 3 is 2.39 bits per heavy atom. The van der Waals surface area contributed by atoms with Crippen molar-refractivity contribution in [2.45, 2.75) is 44.3 Å². The van der Waals surface area contributed by atoms with Crippen LogP contribution in [-0.4, -0.2) is 33.5 Å². The number of hydrogen-bond donors (Lipinski definition) is 0. The Bertz CT molecular complexity index is 1170. The molecule has 7 nitrogen and oxygen atoms in total. The predicted molar refractivity (Wildman–Crippen MR) is 117 cm³/mol. The average Bonchev–Trinajstić information content (AvgIpc) is 3.56. The van der Waals surface area contributed by atoms with Crippen molar-refractivity contribution < 1.29 is 22.4 Å². The zero-order valence-corrected chi connectivity index (χ0v) is 18.7. The van der Waals surface area contributed by atoms with E-state index in [4.69, 9.17) is 14.0 Å². The second kappa shape index (κ2) is 8.82. The van der Waals surface area contributed by atoms with Gasteiger partial charge in [0.05, 0.1) is 17.6 Å². The van der Waals surface area contributed by atoms with Crippen molar-refractivity contribution in [3.8, 4) is 11.1 Å². The van der Waals surface area contributed by atoms with Crippen molar-refractivity contribution in [1.82, 2.24) is 5.16 Å². The van der Waals surface area contributed by atoms with E-state index >= 15 is 0 Å². The Balaban J connectivity index is 1.80. The summed E-state index contributed by atoms with van der Waals surface area (Å²) in [6.45, 7) is 3.78. The summed E-state index contributed by atoms with van der Waals surface area (Å²) >= 11 is 0. The summed E-state index contributed by atoms with van der Waals surface area (Å²) in [6, 6.07) is 14.7. The zero-order chi connectivity index (χ0) is 22.0. The largest absolute Gasteiger partial charge is 0.374 e. The van der Waals surface area contributed by atoms with Gasteiger partial charge in [0.2, 0.25) is 0 Å². The molecule has 4 rings (SSSR count). The monoisotopic (exact) mass is 442 g/mol. The first-order valence-electron chi connectivity index (χ1n) is 10.2. The summed E-state index contributed by atoms with van der Waals surface area (Å²) in [6.07, 6.45) is 2.47. The molecule has 1 saturated carbocycles. The molecule has 164 valence electrons. The second-order valence-corrected chi connectivity index (χ2v) is 9.45. The molecule has 8 heteroatoms. The van der Waals surface area contributed by atoms with Crippen LogP contribution >= 0.6 is 0 Å². The molecule has 0 unspecified atom stereocenters. The van der Waals surface area contributed by atoms with Crippen LogP contribution in [0.2, 0.25) is 0 Å². The normalized spacial score (nSPS) is 14.0. The molecule has 0 spiro atoms. The summed E-state index contributed by atoms with van der Waals surface area (Å²) in [5.41, 5.74) is 3.03. The van der Waals surface area contributed by atoms with Gasteiger partial charge >= 0.3 is 0 Å². The summed E-state index contributed by atoms with van der Waals surface area (Å²) in [5, 5.41) is 3.97. The summed E-state index contributed by atoms with van der Waals surface area (Å²) < 4.78 is 45.1. The van der Waals surface area contributed by atoms with E-state index in [1.807, 2.05) is 36.4 Å². The molecular weight excluding hydrogens is 416 g/mol. The maximum Gasteiger partial charge on any atom is 0.268 e. The smallest absolute Gasteiger partial charge is 0.268 e. The quantitative estimate of drug-likeness (QED) is 0.456. The van der Waals surface area contributed by atoms with Gasteiger partial charge in [0.1, 0.15) is 12.5 Å². The minimum Gasteiger partial charge on any atom is -0.374 e. The summed E-state index contributed by atoms with van der Waals surface area (Å²) in [4.78, 5) is 0.172. The fraction of sp³-hybridized carbons (Fsp3) is 0.348. The van der Waals surface area contributed by atoms with E-state index in [1.165, 1.54) is 7.11 Å². The molecule has 1 heterocycles. The number of anilines is 1. The molecule has 0 amide bonds. The molecule has 2 aromatic carbocycles. The minimum absolute atomic E-state index is 0.172. The van der Waals surface area contributed by atoms with E-state index in [0.717, 1.165) is 28.3 Å². The lowest BCUT2D eigenvalue weighted by Gasteiger charge is -2.23. The highest BCUT2D eigenvalue weighted by Gasteiger charge is 2.32. The lowest BCUT2D eigenvalue weighted by molar-refractivity contribution is 0.106. The van der Waals surface area contributed by atoms with Crippen LogP contribution in [0.15, 0.2) is 57.9 Å².